The summed E-state index contributed by atoms with van der Waals surface area (Å²) < 4.78 is 44.4. The van der Waals surface area contributed by atoms with Crippen LogP contribution in [0, 0.1) is 34.7 Å². The number of ether oxygens (including phenoxy) is 1. The van der Waals surface area contributed by atoms with E-state index in [4.69, 9.17) is 5.26 Å². The number of nitriles is 1. The maximum Gasteiger partial charge on any atom is 0.328 e. The van der Waals surface area contributed by atoms with E-state index >= 15 is 0 Å². The number of nitrogens with one attached hydrogen (secondary N) is 1. The lowest BCUT2D eigenvalue weighted by Gasteiger charge is -2.21. The molecule has 0 bridgehead atoms. The summed E-state index contributed by atoms with van der Waals surface area (Å²) in [7, 11) is 1.07. The predicted molar refractivity (Wildman–Crippen MR) is 69.0 cm³/mol. The highest BCUT2D eigenvalue weighted by Crippen LogP contribution is 2.16. The van der Waals surface area contributed by atoms with Crippen LogP contribution in [-0.2, 0) is 9.53 Å². The monoisotopic (exact) mass is 314 g/mol. The van der Waals surface area contributed by atoms with Gasteiger partial charge in [-0.25, -0.2) is 18.0 Å². The minimum Gasteiger partial charge on any atom is -0.467 e. The fraction of sp³-hybridized carbons (Fsp3) is 0.357. The quantitative estimate of drug-likeness (QED) is 0.842. The van der Waals surface area contributed by atoms with E-state index in [9.17, 15) is 22.8 Å². The van der Waals surface area contributed by atoms with E-state index in [1.807, 2.05) is 6.07 Å². The lowest BCUT2D eigenvalue weighted by Crippen LogP contribution is -2.46. The van der Waals surface area contributed by atoms with Gasteiger partial charge in [-0.3, -0.25) is 4.79 Å². The number of halogens is 3. The summed E-state index contributed by atoms with van der Waals surface area (Å²) in [6, 6.07) is 1.25. The average Bonchev–Trinajstić information content (AvgIpc) is 2.43. The molecular weight excluding hydrogens is 301 g/mol. The zero-order chi connectivity index (χ0) is 16.9. The van der Waals surface area contributed by atoms with Gasteiger partial charge in [0.2, 0.25) is 0 Å². The second kappa shape index (κ2) is 7.45. The first kappa shape index (κ1) is 17.5. The maximum atomic E-state index is 13.5. The molecule has 0 aliphatic carbocycles. The van der Waals surface area contributed by atoms with Crippen molar-refractivity contribution in [2.75, 3.05) is 7.11 Å². The van der Waals surface area contributed by atoms with Gasteiger partial charge in [-0.05, 0) is 0 Å². The van der Waals surface area contributed by atoms with Crippen LogP contribution in [0.2, 0.25) is 0 Å². The van der Waals surface area contributed by atoms with Gasteiger partial charge in [-0.15, -0.1) is 0 Å². The first-order valence-corrected chi connectivity index (χ1v) is 6.22. The molecular formula is C14H13F3N2O3. The summed E-state index contributed by atoms with van der Waals surface area (Å²) in [5.41, 5.74) is -1.01. The molecule has 0 saturated carbocycles. The Morgan fingerprint density at radius 1 is 1.32 bits per heavy atom. The predicted octanol–water partition coefficient (Wildman–Crippen LogP) is 1.93. The maximum absolute atomic E-state index is 13.5. The van der Waals surface area contributed by atoms with Crippen LogP contribution in [0.1, 0.15) is 23.7 Å². The number of carbonyl (C=O) groups is 2. The van der Waals surface area contributed by atoms with Crippen LogP contribution in [0.15, 0.2) is 12.1 Å². The summed E-state index contributed by atoms with van der Waals surface area (Å²) >= 11 is 0. The van der Waals surface area contributed by atoms with Gasteiger partial charge in [0.05, 0.1) is 13.2 Å². The van der Waals surface area contributed by atoms with Crippen molar-refractivity contribution in [2.24, 2.45) is 5.92 Å². The van der Waals surface area contributed by atoms with Crippen molar-refractivity contribution in [2.45, 2.75) is 19.4 Å². The summed E-state index contributed by atoms with van der Waals surface area (Å²) in [6.07, 6.45) is -0.0889. The molecule has 2 atom stereocenters. The molecule has 1 N–H and O–H groups in total. The van der Waals surface area contributed by atoms with Gasteiger partial charge in [0.15, 0.2) is 0 Å². The summed E-state index contributed by atoms with van der Waals surface area (Å²) in [5, 5.41) is 10.7. The number of hydrogen-bond acceptors (Lipinski definition) is 4. The highest BCUT2D eigenvalue weighted by molar-refractivity contribution is 5.97. The molecule has 0 radical (unpaired) electrons. The van der Waals surface area contributed by atoms with E-state index in [2.05, 4.69) is 10.1 Å². The Hall–Kier alpha value is -2.56. The highest BCUT2D eigenvalue weighted by Gasteiger charge is 2.30. The van der Waals surface area contributed by atoms with Gasteiger partial charge in [-0.2, -0.15) is 5.26 Å². The van der Waals surface area contributed by atoms with E-state index in [1.54, 1.807) is 0 Å². The van der Waals surface area contributed by atoms with Gasteiger partial charge in [0.25, 0.3) is 5.91 Å². The lowest BCUT2D eigenvalue weighted by atomic mass is 9.98. The molecule has 22 heavy (non-hydrogen) atoms. The zero-order valence-electron chi connectivity index (χ0n) is 11.8. The number of amides is 1. The standard InChI is InChI=1S/C14H13F3N2O3/c1-7(3-4-18)12(14(21)22-2)19-13(20)11-9(16)5-8(15)6-10(11)17/h5-7,12H,3H2,1-2H3,(H,19,20)/t7-,12-/m0/s1. The summed E-state index contributed by atoms with van der Waals surface area (Å²) in [6.45, 7) is 1.49. The molecule has 118 valence electrons. The third kappa shape index (κ3) is 3.97. The van der Waals surface area contributed by atoms with Crippen molar-refractivity contribution >= 4 is 11.9 Å². The van der Waals surface area contributed by atoms with Crippen LogP contribution in [0.25, 0.3) is 0 Å². The minimum absolute atomic E-state index is 0.0889. The molecule has 0 aliphatic rings. The van der Waals surface area contributed by atoms with Gasteiger partial charge in [-0.1, -0.05) is 6.92 Å². The second-order valence-corrected chi connectivity index (χ2v) is 4.56. The first-order chi connectivity index (χ1) is 10.3. The SMILES string of the molecule is COC(=O)[C@@H](NC(=O)c1c(F)cc(F)cc1F)[C@@H](C)CC#N. The van der Waals surface area contributed by atoms with Crippen LogP contribution in [0.5, 0.6) is 0 Å². The lowest BCUT2D eigenvalue weighted by molar-refractivity contribution is -0.144. The Kier molecular flexibility index (Phi) is 5.92. The number of nitrogens with zero attached hydrogens (tertiary/aromatic N) is 1. The molecule has 1 rings (SSSR count). The van der Waals surface area contributed by atoms with Crippen molar-refractivity contribution in [3.05, 3.63) is 35.1 Å². The smallest absolute Gasteiger partial charge is 0.328 e. The minimum atomic E-state index is -1.40. The number of rotatable bonds is 5. The van der Waals surface area contributed by atoms with Crippen molar-refractivity contribution < 1.29 is 27.5 Å². The Bertz CT molecular complexity index is 605. The molecule has 0 spiro atoms. The topological polar surface area (TPSA) is 79.2 Å². The summed E-state index contributed by atoms with van der Waals surface area (Å²) in [5.74, 6) is -6.71. The normalized spacial score (nSPS) is 12.9. The van der Waals surface area contributed by atoms with Gasteiger partial charge < -0.3 is 10.1 Å². The van der Waals surface area contributed by atoms with E-state index in [1.165, 1.54) is 6.92 Å². The van der Waals surface area contributed by atoms with Gasteiger partial charge >= 0.3 is 5.97 Å². The third-order valence-electron chi connectivity index (χ3n) is 2.96. The third-order valence-corrected chi connectivity index (χ3v) is 2.96. The molecule has 8 heteroatoms. The van der Waals surface area contributed by atoms with Gasteiger partial charge in [0, 0.05) is 24.5 Å². The zero-order valence-corrected chi connectivity index (χ0v) is 11.8. The van der Waals surface area contributed by atoms with Crippen LogP contribution >= 0.6 is 0 Å². The van der Waals surface area contributed by atoms with Gasteiger partial charge in [0.1, 0.15) is 29.1 Å². The van der Waals surface area contributed by atoms with E-state index < -0.39 is 46.9 Å². The highest BCUT2D eigenvalue weighted by atomic mass is 19.1. The Morgan fingerprint density at radius 2 is 1.86 bits per heavy atom. The van der Waals surface area contributed by atoms with Crippen LogP contribution in [0.4, 0.5) is 13.2 Å². The average molecular weight is 314 g/mol. The van der Waals surface area contributed by atoms with Crippen LogP contribution in [-0.4, -0.2) is 25.0 Å². The van der Waals surface area contributed by atoms with E-state index in [0.29, 0.717) is 12.1 Å². The number of carbonyl (C=O) groups excluding carboxylic acids is 2. The largest absolute Gasteiger partial charge is 0.467 e. The van der Waals surface area contributed by atoms with E-state index in [0.717, 1.165) is 7.11 Å². The Labute approximate surface area is 124 Å². The van der Waals surface area contributed by atoms with E-state index in [-0.39, 0.29) is 6.42 Å². The molecule has 1 amide bonds. The molecule has 0 unspecified atom stereocenters. The molecule has 0 heterocycles. The Morgan fingerprint density at radius 3 is 2.32 bits per heavy atom. The molecule has 5 nitrogen and oxygen atoms in total. The fourth-order valence-electron chi connectivity index (χ4n) is 1.79. The summed E-state index contributed by atoms with van der Waals surface area (Å²) in [4.78, 5) is 23.6. The molecule has 0 fully saturated rings. The van der Waals surface area contributed by atoms with Crippen molar-refractivity contribution in [1.82, 2.24) is 5.32 Å². The van der Waals surface area contributed by atoms with Crippen LogP contribution < -0.4 is 5.32 Å². The first-order valence-electron chi connectivity index (χ1n) is 6.22. The van der Waals surface area contributed by atoms with Crippen LogP contribution in [0.3, 0.4) is 0 Å². The fourth-order valence-corrected chi connectivity index (χ4v) is 1.79. The number of esters is 1. The molecule has 1 aromatic carbocycles. The molecule has 1 aromatic rings. The second-order valence-electron chi connectivity index (χ2n) is 4.56. The Balaban J connectivity index is 3.07. The molecule has 0 saturated heterocycles. The number of methoxy groups -OCH3 is 1. The number of hydrogen-bond donors (Lipinski definition) is 1. The van der Waals surface area contributed by atoms with Crippen molar-refractivity contribution in [3.8, 4) is 6.07 Å². The molecule has 0 aromatic heterocycles. The van der Waals surface area contributed by atoms with Crippen molar-refractivity contribution in [1.29, 1.82) is 5.26 Å². The number of benzene rings is 1. The van der Waals surface area contributed by atoms with Crippen molar-refractivity contribution in [3.63, 3.8) is 0 Å². The molecule has 0 aliphatic heterocycles.